The van der Waals surface area contributed by atoms with Gasteiger partial charge in [0.1, 0.15) is 5.02 Å². The molecule has 184 valence electrons. The second-order valence-corrected chi connectivity index (χ2v) is 11.0. The molecule has 0 N–H and O–H groups in total. The third-order valence-electron chi connectivity index (χ3n) is 6.86. The van der Waals surface area contributed by atoms with Gasteiger partial charge in [0, 0.05) is 29.8 Å². The highest BCUT2D eigenvalue weighted by molar-refractivity contribution is 6.33. The van der Waals surface area contributed by atoms with Gasteiger partial charge in [0.05, 0.1) is 10.5 Å². The molecule has 1 saturated carbocycles. The van der Waals surface area contributed by atoms with Crippen molar-refractivity contribution in [3.8, 4) is 0 Å². The molecule has 4 rings (SSSR count). The summed E-state index contributed by atoms with van der Waals surface area (Å²) in [6.45, 7) is 6.86. The second kappa shape index (κ2) is 9.07. The van der Waals surface area contributed by atoms with Crippen molar-refractivity contribution < 1.29 is 24.0 Å². The molecule has 2 fully saturated rings. The second-order valence-electron chi connectivity index (χ2n) is 10.6. The number of ether oxygens (including phenoxy) is 1. The maximum atomic E-state index is 13.1. The zero-order chi connectivity index (χ0) is 25.5. The van der Waals surface area contributed by atoms with Crippen LogP contribution in [0.3, 0.4) is 0 Å². The van der Waals surface area contributed by atoms with Gasteiger partial charge in [-0.15, -0.1) is 0 Å². The van der Waals surface area contributed by atoms with Crippen LogP contribution in [0.25, 0.3) is 0 Å². The van der Waals surface area contributed by atoms with Gasteiger partial charge in [-0.25, -0.2) is 4.79 Å². The Balaban J connectivity index is 1.48. The van der Waals surface area contributed by atoms with Gasteiger partial charge in [-0.05, 0) is 48.3 Å². The van der Waals surface area contributed by atoms with Gasteiger partial charge in [-0.3, -0.25) is 19.7 Å². The first-order valence-corrected chi connectivity index (χ1v) is 11.8. The lowest BCUT2D eigenvalue weighted by Gasteiger charge is -2.39. The number of fused-ring (bicyclic) bond motifs is 2. The third kappa shape index (κ3) is 5.07. The van der Waals surface area contributed by atoms with Crippen molar-refractivity contribution in [2.45, 2.75) is 46.1 Å². The lowest BCUT2D eigenvalue weighted by atomic mass is 9.65. The van der Waals surface area contributed by atoms with Crippen molar-refractivity contribution in [1.82, 2.24) is 4.90 Å². The number of nitro benzene ring substituents is 1. The molecule has 2 aromatic rings. The van der Waals surface area contributed by atoms with Crippen LogP contribution in [-0.4, -0.2) is 46.7 Å². The Bertz CT molecular complexity index is 1230. The Morgan fingerprint density at radius 2 is 1.80 bits per heavy atom. The fourth-order valence-electron chi connectivity index (χ4n) is 5.85. The number of amides is 1. The van der Waals surface area contributed by atoms with Crippen molar-refractivity contribution in [2.24, 2.45) is 10.8 Å². The Kier molecular flexibility index (Phi) is 6.44. The van der Waals surface area contributed by atoms with Crippen molar-refractivity contribution in [3.63, 3.8) is 0 Å². The number of esters is 1. The summed E-state index contributed by atoms with van der Waals surface area (Å²) in [6.07, 6.45) is 2.89. The van der Waals surface area contributed by atoms with Crippen LogP contribution >= 0.6 is 11.6 Å². The zero-order valence-electron chi connectivity index (χ0n) is 19.9. The van der Waals surface area contributed by atoms with Gasteiger partial charge in [0.25, 0.3) is 11.6 Å². The SMILES string of the molecule is CC1(C)CC2CC(C)(CN2C(=O)COC(=O)c2ccccc2C(=O)c2ccc(Cl)c([N+](=O)[O-])c2)C1. The van der Waals surface area contributed by atoms with Crippen LogP contribution in [0.15, 0.2) is 42.5 Å². The van der Waals surface area contributed by atoms with E-state index < -0.39 is 29.0 Å². The number of rotatable bonds is 6. The minimum Gasteiger partial charge on any atom is -0.452 e. The molecule has 2 aromatic carbocycles. The van der Waals surface area contributed by atoms with Gasteiger partial charge >= 0.3 is 5.97 Å². The summed E-state index contributed by atoms with van der Waals surface area (Å²) >= 11 is 5.84. The molecule has 9 heteroatoms. The molecule has 0 aromatic heterocycles. The molecule has 1 saturated heterocycles. The van der Waals surface area contributed by atoms with Gasteiger partial charge in [0.2, 0.25) is 0 Å². The number of hydrogen-bond acceptors (Lipinski definition) is 6. The monoisotopic (exact) mass is 498 g/mol. The number of carbonyl (C=O) groups excluding carboxylic acids is 3. The summed E-state index contributed by atoms with van der Waals surface area (Å²) in [5.74, 6) is -1.64. The first-order valence-electron chi connectivity index (χ1n) is 11.4. The number of nitrogens with zero attached hydrogens (tertiary/aromatic N) is 2. The smallest absolute Gasteiger partial charge is 0.339 e. The van der Waals surface area contributed by atoms with E-state index >= 15 is 0 Å². The molecular formula is C26H27ClN2O6. The topological polar surface area (TPSA) is 107 Å². The quantitative estimate of drug-likeness (QED) is 0.238. The highest BCUT2D eigenvalue weighted by Crippen LogP contribution is 2.52. The zero-order valence-corrected chi connectivity index (χ0v) is 20.6. The van der Waals surface area contributed by atoms with E-state index in [9.17, 15) is 24.5 Å². The number of nitro groups is 1. The molecule has 1 aliphatic carbocycles. The van der Waals surface area contributed by atoms with Crippen LogP contribution in [0.4, 0.5) is 5.69 Å². The standard InChI is InChI=1S/C26H27ClN2O6/c1-25(2)11-17-12-26(3,14-25)15-28(17)22(30)13-35-24(32)19-7-5-4-6-18(19)23(31)16-8-9-20(27)21(10-16)29(33)34/h4-10,17H,11-15H2,1-3H3. The average molecular weight is 499 g/mol. The minimum atomic E-state index is -0.806. The molecule has 0 spiro atoms. The van der Waals surface area contributed by atoms with Gasteiger partial charge in [-0.1, -0.05) is 50.6 Å². The first kappa shape index (κ1) is 24.9. The summed E-state index contributed by atoms with van der Waals surface area (Å²) in [4.78, 5) is 51.2. The molecule has 1 heterocycles. The first-order chi connectivity index (χ1) is 16.4. The summed E-state index contributed by atoms with van der Waals surface area (Å²) in [6, 6.07) is 9.84. The van der Waals surface area contributed by atoms with Crippen molar-refractivity contribution in [3.05, 3.63) is 74.3 Å². The fourth-order valence-corrected chi connectivity index (χ4v) is 6.03. The van der Waals surface area contributed by atoms with Crippen LogP contribution in [0.1, 0.15) is 66.3 Å². The summed E-state index contributed by atoms with van der Waals surface area (Å²) < 4.78 is 5.33. The molecule has 2 unspecified atom stereocenters. The van der Waals surface area contributed by atoms with E-state index in [1.165, 1.54) is 24.3 Å². The normalized spacial score (nSPS) is 22.5. The lowest BCUT2D eigenvalue weighted by Crippen LogP contribution is -2.39. The molecular weight excluding hydrogens is 472 g/mol. The number of likely N-dealkylation sites (tertiary alicyclic amines) is 1. The molecule has 35 heavy (non-hydrogen) atoms. The van der Waals surface area contributed by atoms with E-state index in [1.54, 1.807) is 12.1 Å². The van der Waals surface area contributed by atoms with E-state index in [1.807, 2.05) is 4.90 Å². The maximum Gasteiger partial charge on any atom is 0.339 e. The fraction of sp³-hybridized carbons (Fsp3) is 0.423. The summed E-state index contributed by atoms with van der Waals surface area (Å²) in [7, 11) is 0. The van der Waals surface area contributed by atoms with Crippen molar-refractivity contribution in [2.75, 3.05) is 13.2 Å². The molecule has 2 bridgehead atoms. The summed E-state index contributed by atoms with van der Waals surface area (Å²) in [5, 5.41) is 11.1. The van der Waals surface area contributed by atoms with Gasteiger partial charge in [-0.2, -0.15) is 0 Å². The third-order valence-corrected chi connectivity index (χ3v) is 7.18. The van der Waals surface area contributed by atoms with E-state index in [-0.39, 0.29) is 44.5 Å². The van der Waals surface area contributed by atoms with Gasteiger partial charge in [0.15, 0.2) is 12.4 Å². The van der Waals surface area contributed by atoms with Crippen LogP contribution < -0.4 is 0 Å². The highest BCUT2D eigenvalue weighted by Gasteiger charge is 2.51. The number of ketones is 1. The number of carbonyl (C=O) groups is 3. The average Bonchev–Trinajstić information content (AvgIpc) is 3.05. The highest BCUT2D eigenvalue weighted by atomic mass is 35.5. The Hall–Kier alpha value is -3.26. The van der Waals surface area contributed by atoms with Gasteiger partial charge < -0.3 is 9.64 Å². The molecule has 8 nitrogen and oxygen atoms in total. The summed E-state index contributed by atoms with van der Waals surface area (Å²) in [5.41, 5.74) is -0.177. The van der Waals surface area contributed by atoms with Crippen molar-refractivity contribution >= 4 is 34.9 Å². The molecule has 0 radical (unpaired) electrons. The molecule has 2 atom stereocenters. The molecule has 1 amide bonds. The number of hydrogen-bond donors (Lipinski definition) is 0. The predicted molar refractivity (Wildman–Crippen MR) is 130 cm³/mol. The Labute approximate surface area is 208 Å². The lowest BCUT2D eigenvalue weighted by molar-refractivity contribution is -0.384. The van der Waals surface area contributed by atoms with Crippen LogP contribution in [-0.2, 0) is 9.53 Å². The minimum absolute atomic E-state index is 0.0117. The van der Waals surface area contributed by atoms with E-state index in [2.05, 4.69) is 20.8 Å². The number of benzene rings is 2. The van der Waals surface area contributed by atoms with Crippen molar-refractivity contribution in [1.29, 1.82) is 0 Å². The van der Waals surface area contributed by atoms with Crippen LogP contribution in [0.2, 0.25) is 5.02 Å². The Morgan fingerprint density at radius 1 is 1.11 bits per heavy atom. The van der Waals surface area contributed by atoms with Crippen LogP contribution in [0.5, 0.6) is 0 Å². The number of halogens is 1. The maximum absolute atomic E-state index is 13.1. The van der Waals surface area contributed by atoms with E-state index in [4.69, 9.17) is 16.3 Å². The largest absolute Gasteiger partial charge is 0.452 e. The van der Waals surface area contributed by atoms with E-state index in [0.29, 0.717) is 6.54 Å². The van der Waals surface area contributed by atoms with E-state index in [0.717, 1.165) is 25.3 Å². The Morgan fingerprint density at radius 3 is 2.49 bits per heavy atom. The predicted octanol–water partition coefficient (Wildman–Crippen LogP) is 5.06. The molecule has 2 aliphatic rings. The molecule has 1 aliphatic heterocycles. The van der Waals surface area contributed by atoms with Crippen LogP contribution in [0, 0.1) is 20.9 Å².